The van der Waals surface area contributed by atoms with Gasteiger partial charge in [-0.3, -0.25) is 0 Å². The van der Waals surface area contributed by atoms with E-state index in [-0.39, 0.29) is 17.5 Å². The van der Waals surface area contributed by atoms with Gasteiger partial charge in [-0.05, 0) is 10.7 Å². The molecule has 0 unspecified atom stereocenters. The predicted molar refractivity (Wildman–Crippen MR) is 59.2 cm³/mol. The first-order valence-electron chi connectivity index (χ1n) is 4.73. The lowest BCUT2D eigenvalue weighted by Gasteiger charge is -2.01. The minimum absolute atomic E-state index is 0.0204. The Morgan fingerprint density at radius 1 is 1.41 bits per heavy atom. The van der Waals surface area contributed by atoms with Gasteiger partial charge in [-0.15, -0.1) is 0 Å². The molecule has 5 nitrogen and oxygen atoms in total. The summed E-state index contributed by atoms with van der Waals surface area (Å²) < 4.78 is 9.79. The van der Waals surface area contributed by atoms with Gasteiger partial charge in [-0.1, -0.05) is 41.9 Å². The third-order valence-corrected chi connectivity index (χ3v) is 2.35. The highest BCUT2D eigenvalue weighted by Crippen LogP contribution is 2.27. The molecule has 0 atom stereocenters. The number of halogens is 1. The Balaban J connectivity index is 2.07. The monoisotopic (exact) mass is 253 g/mol. The Morgan fingerprint density at radius 2 is 2.12 bits per heavy atom. The summed E-state index contributed by atoms with van der Waals surface area (Å²) in [6, 6.07) is 9.35. The second kappa shape index (κ2) is 4.88. The number of carboxylic acids is 1. The highest BCUT2D eigenvalue weighted by molar-refractivity contribution is 6.34. The molecule has 2 rings (SSSR count). The second-order valence-corrected chi connectivity index (χ2v) is 3.59. The molecule has 1 N–H and O–H groups in total. The predicted octanol–water partition coefficient (Wildman–Crippen LogP) is 2.61. The Labute approximate surface area is 102 Å². The number of hydrogen-bond donors (Lipinski definition) is 1. The molecule has 6 heteroatoms. The molecule has 0 bridgehead atoms. The Kier molecular flexibility index (Phi) is 3.30. The number of carboxylic acid groups (broad SMARTS) is 1. The van der Waals surface area contributed by atoms with Gasteiger partial charge >= 0.3 is 5.97 Å². The first-order chi connectivity index (χ1) is 8.18. The first kappa shape index (κ1) is 11.5. The lowest BCUT2D eigenvalue weighted by atomic mass is 10.2. The van der Waals surface area contributed by atoms with E-state index in [0.29, 0.717) is 0 Å². The van der Waals surface area contributed by atoms with Crippen molar-refractivity contribution in [3.05, 3.63) is 46.7 Å². The fraction of sp³-hybridized carbons (Fsp3) is 0.0909. The van der Waals surface area contributed by atoms with Crippen molar-refractivity contribution in [3.63, 3.8) is 0 Å². The van der Waals surface area contributed by atoms with E-state index < -0.39 is 11.7 Å². The Hall–Kier alpha value is -2.01. The molecule has 1 aromatic heterocycles. The Morgan fingerprint density at radius 3 is 2.71 bits per heavy atom. The normalized spacial score (nSPS) is 10.2. The van der Waals surface area contributed by atoms with Crippen molar-refractivity contribution < 1.29 is 19.2 Å². The van der Waals surface area contributed by atoms with Crippen LogP contribution in [0.15, 0.2) is 34.9 Å². The zero-order valence-electron chi connectivity index (χ0n) is 8.59. The fourth-order valence-corrected chi connectivity index (χ4v) is 1.42. The minimum atomic E-state index is -1.28. The summed E-state index contributed by atoms with van der Waals surface area (Å²) in [4.78, 5) is 10.6. The van der Waals surface area contributed by atoms with Crippen molar-refractivity contribution in [3.8, 4) is 5.88 Å². The molecule has 0 aliphatic carbocycles. The van der Waals surface area contributed by atoms with E-state index in [1.807, 2.05) is 30.3 Å². The SMILES string of the molecule is O=C(O)c1onc(OCc2ccccc2)c1Cl. The van der Waals surface area contributed by atoms with E-state index in [1.165, 1.54) is 0 Å². The third-order valence-electron chi connectivity index (χ3n) is 2.02. The molecule has 0 fully saturated rings. The average Bonchev–Trinajstić information content (AvgIpc) is 2.69. The molecule has 0 radical (unpaired) electrons. The van der Waals surface area contributed by atoms with E-state index in [9.17, 15) is 4.79 Å². The molecule has 2 aromatic rings. The Bertz CT molecular complexity index is 524. The zero-order chi connectivity index (χ0) is 12.3. The van der Waals surface area contributed by atoms with Gasteiger partial charge in [0.2, 0.25) is 0 Å². The van der Waals surface area contributed by atoms with Gasteiger partial charge in [0.05, 0.1) is 0 Å². The molecule has 0 saturated heterocycles. The van der Waals surface area contributed by atoms with E-state index in [0.717, 1.165) is 5.56 Å². The van der Waals surface area contributed by atoms with E-state index in [1.54, 1.807) is 0 Å². The number of rotatable bonds is 4. The number of carbonyl (C=O) groups is 1. The van der Waals surface area contributed by atoms with Crippen LogP contribution < -0.4 is 4.74 Å². The second-order valence-electron chi connectivity index (χ2n) is 3.21. The van der Waals surface area contributed by atoms with Gasteiger partial charge in [0.15, 0.2) is 5.02 Å². The summed E-state index contributed by atoms with van der Waals surface area (Å²) in [5.41, 5.74) is 0.920. The third kappa shape index (κ3) is 2.57. The van der Waals surface area contributed by atoms with Crippen LogP contribution in [0.3, 0.4) is 0 Å². The molecular formula is C11H8ClNO4. The van der Waals surface area contributed by atoms with Crippen molar-refractivity contribution >= 4 is 17.6 Å². The number of ether oxygens (including phenoxy) is 1. The molecular weight excluding hydrogens is 246 g/mol. The lowest BCUT2D eigenvalue weighted by Crippen LogP contribution is -1.96. The molecule has 0 spiro atoms. The van der Waals surface area contributed by atoms with Crippen LogP contribution in [-0.4, -0.2) is 16.2 Å². The van der Waals surface area contributed by atoms with E-state index in [2.05, 4.69) is 9.68 Å². The molecule has 17 heavy (non-hydrogen) atoms. The summed E-state index contributed by atoms with van der Waals surface area (Å²) >= 11 is 5.72. The van der Waals surface area contributed by atoms with Crippen LogP contribution in [0.5, 0.6) is 5.88 Å². The van der Waals surface area contributed by atoms with Crippen LogP contribution in [0, 0.1) is 0 Å². The first-order valence-corrected chi connectivity index (χ1v) is 5.11. The maximum atomic E-state index is 10.6. The molecule has 88 valence electrons. The summed E-state index contributed by atoms with van der Waals surface area (Å²) in [6.07, 6.45) is 0. The number of hydrogen-bond acceptors (Lipinski definition) is 4. The van der Waals surface area contributed by atoms with E-state index >= 15 is 0 Å². The molecule has 0 aliphatic rings. The summed E-state index contributed by atoms with van der Waals surface area (Å²) in [7, 11) is 0. The van der Waals surface area contributed by atoms with Crippen LogP contribution >= 0.6 is 11.6 Å². The van der Waals surface area contributed by atoms with Gasteiger partial charge in [-0.2, -0.15) is 0 Å². The van der Waals surface area contributed by atoms with Crippen molar-refractivity contribution in [1.29, 1.82) is 0 Å². The van der Waals surface area contributed by atoms with Crippen molar-refractivity contribution in [2.45, 2.75) is 6.61 Å². The van der Waals surface area contributed by atoms with Crippen LogP contribution in [0.25, 0.3) is 0 Å². The largest absolute Gasteiger partial charge is 0.475 e. The van der Waals surface area contributed by atoms with Crippen molar-refractivity contribution in [2.75, 3.05) is 0 Å². The maximum absolute atomic E-state index is 10.6. The van der Waals surface area contributed by atoms with Crippen LogP contribution in [0.2, 0.25) is 5.02 Å². The van der Waals surface area contributed by atoms with E-state index in [4.69, 9.17) is 21.4 Å². The smallest absolute Gasteiger partial charge is 0.376 e. The van der Waals surface area contributed by atoms with Crippen molar-refractivity contribution in [2.24, 2.45) is 0 Å². The van der Waals surface area contributed by atoms with Crippen LogP contribution in [0.1, 0.15) is 16.1 Å². The number of benzene rings is 1. The lowest BCUT2D eigenvalue weighted by molar-refractivity contribution is 0.0652. The number of aromatic carboxylic acids is 1. The van der Waals surface area contributed by atoms with Gasteiger partial charge in [-0.25, -0.2) is 4.79 Å². The van der Waals surface area contributed by atoms with Crippen LogP contribution in [0.4, 0.5) is 0 Å². The quantitative estimate of drug-likeness (QED) is 0.907. The molecule has 0 aliphatic heterocycles. The highest BCUT2D eigenvalue weighted by Gasteiger charge is 2.21. The fourth-order valence-electron chi connectivity index (χ4n) is 1.21. The van der Waals surface area contributed by atoms with Gasteiger partial charge in [0.25, 0.3) is 11.6 Å². The van der Waals surface area contributed by atoms with Crippen molar-refractivity contribution in [1.82, 2.24) is 5.16 Å². The standard InChI is InChI=1S/C11H8ClNO4/c12-8-9(11(14)15)17-13-10(8)16-6-7-4-2-1-3-5-7/h1-5H,6H2,(H,14,15). The molecule has 0 amide bonds. The van der Waals surface area contributed by atoms with Gasteiger partial charge in [0, 0.05) is 0 Å². The number of aromatic nitrogens is 1. The van der Waals surface area contributed by atoms with Gasteiger partial charge in [0.1, 0.15) is 6.61 Å². The summed E-state index contributed by atoms with van der Waals surface area (Å²) in [6.45, 7) is 0.242. The average molecular weight is 254 g/mol. The number of nitrogens with zero attached hydrogens (tertiary/aromatic N) is 1. The maximum Gasteiger partial charge on any atom is 0.376 e. The summed E-state index contributed by atoms with van der Waals surface area (Å²) in [5, 5.41) is 12.0. The van der Waals surface area contributed by atoms with Crippen LogP contribution in [-0.2, 0) is 6.61 Å². The molecule has 1 aromatic carbocycles. The summed E-state index contributed by atoms with van der Waals surface area (Å²) in [5.74, 6) is -1.72. The zero-order valence-corrected chi connectivity index (χ0v) is 9.35. The highest BCUT2D eigenvalue weighted by atomic mass is 35.5. The topological polar surface area (TPSA) is 72.6 Å². The minimum Gasteiger partial charge on any atom is -0.475 e. The molecule has 0 saturated carbocycles. The molecule has 1 heterocycles. The van der Waals surface area contributed by atoms with Gasteiger partial charge < -0.3 is 14.4 Å².